The topological polar surface area (TPSA) is 112 Å². The first-order chi connectivity index (χ1) is 18.3. The Morgan fingerprint density at radius 1 is 1.00 bits per heavy atom. The van der Waals surface area contributed by atoms with Crippen LogP contribution in [0, 0.1) is 46.3 Å². The van der Waals surface area contributed by atoms with Gasteiger partial charge in [-0.15, -0.1) is 0 Å². The molecule has 10 atom stereocenters. The Kier molecular flexibility index (Phi) is 9.99. The van der Waals surface area contributed by atoms with Crippen molar-refractivity contribution in [3.05, 3.63) is 0 Å². The molecule has 8 nitrogen and oxygen atoms in total. The summed E-state index contributed by atoms with van der Waals surface area (Å²) >= 11 is 0. The van der Waals surface area contributed by atoms with Gasteiger partial charge in [-0.2, -0.15) is 0 Å². The van der Waals surface area contributed by atoms with Crippen LogP contribution >= 0.6 is 7.82 Å². The summed E-state index contributed by atoms with van der Waals surface area (Å²) in [7, 11) is -4.64. The maximum absolute atomic E-state index is 12.2. The molecule has 39 heavy (non-hydrogen) atoms. The van der Waals surface area contributed by atoms with Crippen LogP contribution in [0.5, 0.6) is 0 Å². The van der Waals surface area contributed by atoms with Crippen molar-refractivity contribution in [1.29, 1.82) is 0 Å². The van der Waals surface area contributed by atoms with Crippen LogP contribution in [-0.2, 0) is 28.1 Å². The second-order valence-electron chi connectivity index (χ2n) is 13.8. The maximum atomic E-state index is 12.2. The van der Waals surface area contributed by atoms with E-state index in [1.54, 1.807) is 0 Å². The summed E-state index contributed by atoms with van der Waals surface area (Å²) in [4.78, 5) is 29.7. The first kappa shape index (κ1) is 31.4. The first-order valence-electron chi connectivity index (χ1n) is 15.4. The highest BCUT2D eigenvalue weighted by Crippen LogP contribution is 2.68. The van der Waals surface area contributed by atoms with Crippen LogP contribution in [0.1, 0.15) is 106 Å². The van der Waals surface area contributed by atoms with Crippen molar-refractivity contribution in [1.82, 2.24) is 0 Å². The molecule has 226 valence electrons. The van der Waals surface area contributed by atoms with Crippen LogP contribution in [0.3, 0.4) is 0 Å². The quantitative estimate of drug-likeness (QED) is 0.164. The van der Waals surface area contributed by atoms with E-state index in [0.29, 0.717) is 59.6 Å². The van der Waals surface area contributed by atoms with Gasteiger partial charge in [0.25, 0.3) is 0 Å². The van der Waals surface area contributed by atoms with Crippen LogP contribution in [0.15, 0.2) is 0 Å². The summed E-state index contributed by atoms with van der Waals surface area (Å²) in [6, 6.07) is 0. The average molecular weight is 573 g/mol. The van der Waals surface area contributed by atoms with E-state index in [9.17, 15) is 9.36 Å². The van der Waals surface area contributed by atoms with E-state index < -0.39 is 20.6 Å². The molecule has 10 unspecified atom stereocenters. The van der Waals surface area contributed by atoms with Crippen molar-refractivity contribution >= 4 is 13.8 Å². The summed E-state index contributed by atoms with van der Waals surface area (Å²) in [6.45, 7) is 13.8. The Bertz CT molecular complexity index is 890. The van der Waals surface area contributed by atoms with Gasteiger partial charge in [0, 0.05) is 13.0 Å². The average Bonchev–Trinajstić information content (AvgIpc) is 3.19. The fourth-order valence-corrected chi connectivity index (χ4v) is 10.0. The van der Waals surface area contributed by atoms with E-state index in [1.807, 2.05) is 0 Å². The van der Waals surface area contributed by atoms with Crippen LogP contribution < -0.4 is 0 Å². The molecule has 4 rings (SSSR count). The molecule has 4 fully saturated rings. The summed E-state index contributed by atoms with van der Waals surface area (Å²) in [5.74, 6) is 3.04. The van der Waals surface area contributed by atoms with Gasteiger partial charge in [0.15, 0.2) is 0 Å². The van der Waals surface area contributed by atoms with Crippen LogP contribution in [0.2, 0.25) is 0 Å². The standard InChI is InChI=1S/C30H53O8P/c1-7-35-26-17-21-16-22(38-19(2)3)12-14-29(21,5)25-13-15-30(6)23(9-10-24(30)28(25)26)20(4)8-11-27(31)36-18-37-39(32,33)34/h19-26,28H,7-18H2,1-6H3,(H2,32,33,34). The lowest BCUT2D eigenvalue weighted by Crippen LogP contribution is -2.59. The number of ether oxygens (including phenoxy) is 3. The van der Waals surface area contributed by atoms with Crippen molar-refractivity contribution < 1.29 is 37.9 Å². The molecule has 0 saturated heterocycles. The molecule has 0 heterocycles. The lowest BCUT2D eigenvalue weighted by molar-refractivity contribution is -0.192. The fraction of sp³-hybridized carbons (Fsp3) is 0.967. The number of carbonyl (C=O) groups is 1. The van der Waals surface area contributed by atoms with Gasteiger partial charge in [-0.05, 0) is 125 Å². The van der Waals surface area contributed by atoms with Gasteiger partial charge in [0.05, 0.1) is 18.3 Å². The molecule has 0 spiro atoms. The summed E-state index contributed by atoms with van der Waals surface area (Å²) in [5.41, 5.74) is 0.601. The summed E-state index contributed by atoms with van der Waals surface area (Å²) < 4.78 is 32.8. The summed E-state index contributed by atoms with van der Waals surface area (Å²) in [6.07, 6.45) is 11.6. The van der Waals surface area contributed by atoms with E-state index in [0.717, 1.165) is 13.0 Å². The lowest BCUT2D eigenvalue weighted by atomic mass is 9.43. The van der Waals surface area contributed by atoms with E-state index >= 15 is 0 Å². The number of hydrogen-bond acceptors (Lipinski definition) is 6. The van der Waals surface area contributed by atoms with E-state index in [-0.39, 0.29) is 17.9 Å². The molecular weight excluding hydrogens is 519 g/mol. The minimum Gasteiger partial charge on any atom is -0.438 e. The monoisotopic (exact) mass is 572 g/mol. The van der Waals surface area contributed by atoms with Crippen LogP contribution in [0.25, 0.3) is 0 Å². The van der Waals surface area contributed by atoms with Crippen molar-refractivity contribution in [2.24, 2.45) is 46.3 Å². The highest BCUT2D eigenvalue weighted by atomic mass is 31.2. The van der Waals surface area contributed by atoms with Gasteiger partial charge < -0.3 is 24.0 Å². The van der Waals surface area contributed by atoms with Crippen molar-refractivity contribution in [3.8, 4) is 0 Å². The van der Waals surface area contributed by atoms with E-state index in [1.165, 1.54) is 44.9 Å². The Morgan fingerprint density at radius 3 is 2.36 bits per heavy atom. The third kappa shape index (κ3) is 6.78. The smallest absolute Gasteiger partial charge is 0.438 e. The molecule has 0 aromatic rings. The van der Waals surface area contributed by atoms with Crippen LogP contribution in [-0.4, -0.2) is 47.5 Å². The van der Waals surface area contributed by atoms with E-state index in [2.05, 4.69) is 46.1 Å². The minimum absolute atomic E-state index is 0.232. The molecule has 4 aliphatic rings. The predicted molar refractivity (Wildman–Crippen MR) is 149 cm³/mol. The molecule has 0 amide bonds. The van der Waals surface area contributed by atoms with Gasteiger partial charge in [-0.3, -0.25) is 4.79 Å². The number of phosphoric acid groups is 1. The zero-order valence-electron chi connectivity index (χ0n) is 25.0. The van der Waals surface area contributed by atoms with Gasteiger partial charge in [-0.25, -0.2) is 9.09 Å². The molecule has 0 aliphatic heterocycles. The van der Waals surface area contributed by atoms with Gasteiger partial charge in [-0.1, -0.05) is 20.8 Å². The number of esters is 1. The third-order valence-corrected chi connectivity index (χ3v) is 11.9. The summed E-state index contributed by atoms with van der Waals surface area (Å²) in [5, 5.41) is 0. The zero-order valence-corrected chi connectivity index (χ0v) is 25.9. The number of fused-ring (bicyclic) bond motifs is 5. The molecule has 2 N–H and O–H groups in total. The van der Waals surface area contributed by atoms with Crippen molar-refractivity contribution in [2.45, 2.75) is 124 Å². The van der Waals surface area contributed by atoms with Gasteiger partial charge in [0.1, 0.15) is 0 Å². The van der Waals surface area contributed by atoms with Crippen LogP contribution in [0.4, 0.5) is 0 Å². The Balaban J connectivity index is 1.43. The second-order valence-corrected chi connectivity index (χ2v) is 15.0. The normalized spacial score (nSPS) is 41.0. The highest BCUT2D eigenvalue weighted by Gasteiger charge is 2.63. The highest BCUT2D eigenvalue weighted by molar-refractivity contribution is 7.46. The molecule has 0 aromatic heterocycles. The number of hydrogen-bond donors (Lipinski definition) is 2. The fourth-order valence-electron chi connectivity index (χ4n) is 9.81. The van der Waals surface area contributed by atoms with Gasteiger partial charge in [0.2, 0.25) is 6.79 Å². The molecular formula is C30H53O8P. The predicted octanol–water partition coefficient (Wildman–Crippen LogP) is 6.48. The molecule has 9 heteroatoms. The largest absolute Gasteiger partial charge is 0.472 e. The molecule has 4 aliphatic carbocycles. The van der Waals surface area contributed by atoms with Crippen molar-refractivity contribution in [2.75, 3.05) is 13.4 Å². The molecule has 0 bridgehead atoms. The molecule has 0 radical (unpaired) electrons. The Morgan fingerprint density at radius 2 is 1.69 bits per heavy atom. The lowest BCUT2D eigenvalue weighted by Gasteiger charge is -2.63. The molecule has 0 aromatic carbocycles. The first-order valence-corrected chi connectivity index (χ1v) is 16.9. The Hall–Kier alpha value is -0.500. The second kappa shape index (κ2) is 12.4. The number of rotatable bonds is 11. The minimum atomic E-state index is -4.64. The SMILES string of the molecule is CCOC1CC2CC(OC(C)C)CCC2(C)C2CCC3(C)C(C(C)CCC(=O)OCOP(=O)(O)O)CCC3C12. The van der Waals surface area contributed by atoms with Crippen molar-refractivity contribution in [3.63, 3.8) is 0 Å². The third-order valence-electron chi connectivity index (χ3n) is 11.5. The number of carbonyl (C=O) groups excluding carboxylic acids is 1. The number of phosphoric ester groups is 1. The van der Waals surface area contributed by atoms with E-state index in [4.69, 9.17) is 24.0 Å². The molecule has 4 saturated carbocycles. The zero-order chi connectivity index (χ0) is 28.6. The maximum Gasteiger partial charge on any atom is 0.472 e. The Labute approximate surface area is 235 Å². The van der Waals surface area contributed by atoms with Gasteiger partial charge >= 0.3 is 13.8 Å².